The third kappa shape index (κ3) is 34.5. The van der Waals surface area contributed by atoms with Crippen LogP contribution >= 0.6 is 0 Å². The topological polar surface area (TPSA) is 115 Å². The van der Waals surface area contributed by atoms with E-state index in [0.717, 1.165) is 0 Å². The van der Waals surface area contributed by atoms with Gasteiger partial charge in [0.25, 0.3) is 0 Å². The Morgan fingerprint density at radius 2 is 1.00 bits per heavy atom. The van der Waals surface area contributed by atoms with Gasteiger partial charge in [0.2, 0.25) is 0 Å². The number of hydrogen-bond acceptors (Lipinski definition) is 4. The molecule has 2 atom stereocenters. The molecule has 0 aromatic rings. The number of hydrogen-bond donors (Lipinski definition) is 4. The van der Waals surface area contributed by atoms with Gasteiger partial charge in [-0.15, -0.1) is 0 Å². The molecule has 0 aromatic carbocycles. The molecule has 0 aliphatic carbocycles. The monoisotopic (exact) mass is 232 g/mol. The molecule has 66 valence electrons. The summed E-state index contributed by atoms with van der Waals surface area (Å²) in [6.45, 7) is 0. The van der Waals surface area contributed by atoms with Crippen molar-refractivity contribution in [2.24, 2.45) is 0 Å². The van der Waals surface area contributed by atoms with Crippen molar-refractivity contribution in [3.8, 4) is 0 Å². The van der Waals surface area contributed by atoms with E-state index in [1.807, 2.05) is 0 Å². The first-order valence-corrected chi connectivity index (χ1v) is 4.46. The average molecular weight is 232 g/mol. The summed E-state index contributed by atoms with van der Waals surface area (Å²) in [4.78, 5) is 0. The van der Waals surface area contributed by atoms with E-state index < -0.39 is 34.0 Å². The van der Waals surface area contributed by atoms with E-state index in [1.54, 1.807) is 0 Å². The van der Waals surface area contributed by atoms with Crippen LogP contribution in [0.4, 0.5) is 0 Å². The van der Waals surface area contributed by atoms with Crippen molar-refractivity contribution in [3.05, 3.63) is 0 Å². The van der Waals surface area contributed by atoms with Gasteiger partial charge in [-0.1, -0.05) is 0 Å². The first-order valence-electron chi connectivity index (χ1n) is 1.91. The summed E-state index contributed by atoms with van der Waals surface area (Å²) in [7, 11) is 0. The Balaban J connectivity index is -0.000000107. The van der Waals surface area contributed by atoms with E-state index in [9.17, 15) is 8.42 Å². The first kappa shape index (κ1) is 18.2. The van der Waals surface area contributed by atoms with E-state index in [2.05, 4.69) is 0 Å². The molecule has 0 aliphatic heterocycles. The van der Waals surface area contributed by atoms with E-state index in [-0.39, 0.29) is 37.7 Å². The van der Waals surface area contributed by atoms with E-state index in [4.69, 9.17) is 19.3 Å². The molecule has 0 heterocycles. The molecule has 2 radical (unpaired) electrons. The fraction of sp³-hybridized carbons (Fsp3) is 1.00. The van der Waals surface area contributed by atoms with Crippen LogP contribution in [-0.2, 0) is 22.2 Å². The fourth-order valence-corrected chi connectivity index (χ4v) is 0. The Kier molecular flexibility index (Phi) is 23.1. The Hall–Kier alpha value is 1.40. The SMILES string of the molecule is O=S(O)CO.O=S(O)CO.[Ca]. The Morgan fingerprint density at radius 1 is 0.909 bits per heavy atom. The Bertz CT molecular complexity index is 103. The number of aliphatic hydroxyl groups is 2. The molecule has 11 heavy (non-hydrogen) atoms. The van der Waals surface area contributed by atoms with Crippen molar-refractivity contribution in [1.82, 2.24) is 0 Å². The summed E-state index contributed by atoms with van der Waals surface area (Å²) in [5.41, 5.74) is 0. The number of rotatable bonds is 2. The summed E-state index contributed by atoms with van der Waals surface area (Å²) in [6.07, 6.45) is 0. The number of aliphatic hydroxyl groups excluding tert-OH is 2. The molecule has 0 saturated carbocycles. The van der Waals surface area contributed by atoms with Crippen LogP contribution in [0.2, 0.25) is 0 Å². The summed E-state index contributed by atoms with van der Waals surface area (Å²) in [5.74, 6) is -1.33. The summed E-state index contributed by atoms with van der Waals surface area (Å²) < 4.78 is 33.6. The smallest absolute Gasteiger partial charge is 0.179 e. The van der Waals surface area contributed by atoms with Gasteiger partial charge in [-0.2, -0.15) is 0 Å². The van der Waals surface area contributed by atoms with Crippen LogP contribution < -0.4 is 0 Å². The molecule has 0 amide bonds. The predicted molar refractivity (Wildman–Crippen MR) is 41.5 cm³/mol. The van der Waals surface area contributed by atoms with Crippen molar-refractivity contribution < 1.29 is 27.7 Å². The van der Waals surface area contributed by atoms with Crippen LogP contribution in [0.15, 0.2) is 0 Å². The van der Waals surface area contributed by atoms with E-state index in [0.29, 0.717) is 0 Å². The van der Waals surface area contributed by atoms with Gasteiger partial charge in [0, 0.05) is 37.7 Å². The zero-order chi connectivity index (χ0) is 8.57. The summed E-state index contributed by atoms with van der Waals surface area (Å²) >= 11 is -4.03. The molecule has 0 spiro atoms. The zero-order valence-electron chi connectivity index (χ0n) is 5.54. The van der Waals surface area contributed by atoms with Gasteiger partial charge in [-0.3, -0.25) is 0 Å². The zero-order valence-corrected chi connectivity index (χ0v) is 9.38. The molecule has 0 aliphatic rings. The molecule has 4 N–H and O–H groups in total. The molecule has 0 aromatic heterocycles. The molecule has 6 nitrogen and oxygen atoms in total. The van der Waals surface area contributed by atoms with Crippen LogP contribution in [0.3, 0.4) is 0 Å². The quantitative estimate of drug-likeness (QED) is 0.321. The predicted octanol–water partition coefficient (Wildman–Crippen LogP) is -2.06. The Labute approximate surface area is 98.6 Å². The second-order valence-electron chi connectivity index (χ2n) is 0.901. The standard InChI is InChI=1S/2CH4O3S.Ca/c2*2-1-5(3)4;/h2*2H,1H2,(H,3,4);. The van der Waals surface area contributed by atoms with Crippen LogP contribution in [0.5, 0.6) is 0 Å². The van der Waals surface area contributed by atoms with Crippen molar-refractivity contribution in [1.29, 1.82) is 0 Å². The van der Waals surface area contributed by atoms with Crippen LogP contribution in [0, 0.1) is 0 Å². The summed E-state index contributed by atoms with van der Waals surface area (Å²) in [5, 5.41) is 15.2. The maximum Gasteiger partial charge on any atom is 0.179 e. The normalized spacial score (nSPS) is 13.5. The first-order chi connectivity index (χ1) is 4.54. The molecule has 0 bridgehead atoms. The molecule has 0 saturated heterocycles. The van der Waals surface area contributed by atoms with Crippen molar-refractivity contribution in [2.45, 2.75) is 0 Å². The second kappa shape index (κ2) is 14.0. The van der Waals surface area contributed by atoms with Gasteiger partial charge in [0.1, 0.15) is 11.9 Å². The maximum atomic E-state index is 9.23. The van der Waals surface area contributed by atoms with Gasteiger partial charge in [0.05, 0.1) is 0 Å². The maximum absolute atomic E-state index is 9.23. The van der Waals surface area contributed by atoms with Gasteiger partial charge < -0.3 is 19.3 Å². The summed E-state index contributed by atoms with van der Waals surface area (Å²) in [6, 6.07) is 0. The molecule has 0 rings (SSSR count). The third-order valence-corrected chi connectivity index (χ3v) is 0.663. The van der Waals surface area contributed by atoms with Crippen molar-refractivity contribution in [2.75, 3.05) is 11.9 Å². The van der Waals surface area contributed by atoms with E-state index >= 15 is 0 Å². The second-order valence-corrected chi connectivity index (χ2v) is 2.70. The third-order valence-electron chi connectivity index (χ3n) is 0.221. The van der Waals surface area contributed by atoms with Gasteiger partial charge >= 0.3 is 0 Å². The van der Waals surface area contributed by atoms with Crippen LogP contribution in [-0.4, -0.2) is 77.4 Å². The average Bonchev–Trinajstić information content (AvgIpc) is 1.89. The Morgan fingerprint density at radius 3 is 1.00 bits per heavy atom. The molecular formula is C2H8CaO6S2. The van der Waals surface area contributed by atoms with Gasteiger partial charge in [-0.05, 0) is 0 Å². The van der Waals surface area contributed by atoms with Crippen molar-refractivity contribution in [3.63, 3.8) is 0 Å². The van der Waals surface area contributed by atoms with Gasteiger partial charge in [-0.25, -0.2) is 8.42 Å². The van der Waals surface area contributed by atoms with Crippen LogP contribution in [0.1, 0.15) is 0 Å². The molecule has 2 unspecified atom stereocenters. The molecule has 9 heteroatoms. The van der Waals surface area contributed by atoms with Crippen LogP contribution in [0.25, 0.3) is 0 Å². The molecule has 0 fully saturated rings. The molecular weight excluding hydrogens is 224 g/mol. The minimum Gasteiger partial charge on any atom is -0.381 e. The van der Waals surface area contributed by atoms with Crippen molar-refractivity contribution >= 4 is 59.9 Å². The van der Waals surface area contributed by atoms with E-state index in [1.165, 1.54) is 0 Å². The minimum atomic E-state index is -2.02. The van der Waals surface area contributed by atoms with Gasteiger partial charge in [0.15, 0.2) is 22.2 Å². The largest absolute Gasteiger partial charge is 0.381 e. The minimum absolute atomic E-state index is 0. The fourth-order valence-electron chi connectivity index (χ4n) is 0.